The molecule has 1 aliphatic heterocycles. The maximum absolute atomic E-state index is 12.4. The van der Waals surface area contributed by atoms with Crippen molar-refractivity contribution in [1.29, 1.82) is 0 Å². The van der Waals surface area contributed by atoms with Gasteiger partial charge in [0, 0.05) is 18.8 Å². The molecular weight excluding hydrogens is 255 g/mol. The van der Waals surface area contributed by atoms with Gasteiger partial charge in [0.15, 0.2) is 0 Å². The summed E-state index contributed by atoms with van der Waals surface area (Å²) in [6, 6.07) is 1.05. The molecule has 94 valence electrons. The molecule has 7 heteroatoms. The number of aromatic nitrogens is 1. The number of hydrogen-bond donors (Lipinski definition) is 2. The molecule has 0 amide bonds. The first-order valence-corrected chi connectivity index (χ1v) is 5.54. The van der Waals surface area contributed by atoms with Crippen molar-refractivity contribution in [1.82, 2.24) is 10.3 Å². The van der Waals surface area contributed by atoms with Gasteiger partial charge < -0.3 is 10.6 Å². The first-order chi connectivity index (χ1) is 7.97. The van der Waals surface area contributed by atoms with Crippen molar-refractivity contribution in [3.63, 3.8) is 0 Å². The van der Waals surface area contributed by atoms with Crippen LogP contribution in [0.1, 0.15) is 12.0 Å². The van der Waals surface area contributed by atoms with E-state index in [2.05, 4.69) is 15.6 Å². The number of hydrogen-bond acceptors (Lipinski definition) is 3. The van der Waals surface area contributed by atoms with Crippen molar-refractivity contribution < 1.29 is 13.2 Å². The lowest BCUT2D eigenvalue weighted by molar-refractivity contribution is -0.137. The lowest BCUT2D eigenvalue weighted by Gasteiger charge is -2.14. The topological polar surface area (TPSA) is 37.0 Å². The maximum Gasteiger partial charge on any atom is 0.417 e. The molecule has 1 saturated heterocycles. The minimum Gasteiger partial charge on any atom is -0.365 e. The fourth-order valence-electron chi connectivity index (χ4n) is 1.67. The summed E-state index contributed by atoms with van der Waals surface area (Å²) in [7, 11) is 0. The molecule has 3 nitrogen and oxygen atoms in total. The van der Waals surface area contributed by atoms with Crippen LogP contribution in [0.25, 0.3) is 0 Å². The van der Waals surface area contributed by atoms with Gasteiger partial charge in [-0.3, -0.25) is 0 Å². The summed E-state index contributed by atoms with van der Waals surface area (Å²) in [5.41, 5.74) is -0.836. The average Bonchev–Trinajstić information content (AvgIpc) is 2.72. The molecule has 0 radical (unpaired) electrons. The Morgan fingerprint density at radius 1 is 1.47 bits per heavy atom. The molecule has 1 aromatic rings. The zero-order valence-corrected chi connectivity index (χ0v) is 9.57. The number of anilines is 1. The van der Waals surface area contributed by atoms with Crippen LogP contribution in [-0.4, -0.2) is 24.1 Å². The lowest BCUT2D eigenvalue weighted by atomic mass is 10.2. The minimum absolute atomic E-state index is 0.00766. The number of halogens is 4. The zero-order valence-electron chi connectivity index (χ0n) is 8.81. The van der Waals surface area contributed by atoms with Gasteiger partial charge in [0.25, 0.3) is 0 Å². The highest BCUT2D eigenvalue weighted by atomic mass is 35.5. The lowest BCUT2D eigenvalue weighted by Crippen LogP contribution is -2.23. The number of nitrogens with one attached hydrogen (secondary N) is 2. The summed E-state index contributed by atoms with van der Waals surface area (Å²) < 4.78 is 37.1. The fraction of sp³-hybridized carbons (Fsp3) is 0.500. The molecule has 1 aromatic heterocycles. The molecule has 0 aliphatic carbocycles. The fourth-order valence-corrected chi connectivity index (χ4v) is 1.89. The van der Waals surface area contributed by atoms with Gasteiger partial charge in [0.1, 0.15) is 5.82 Å². The first kappa shape index (κ1) is 12.4. The van der Waals surface area contributed by atoms with Crippen molar-refractivity contribution in [2.75, 3.05) is 18.4 Å². The molecule has 2 heterocycles. The molecular formula is C10H11ClF3N3. The molecule has 1 aliphatic rings. The smallest absolute Gasteiger partial charge is 0.365 e. The summed E-state index contributed by atoms with van der Waals surface area (Å²) >= 11 is 5.77. The van der Waals surface area contributed by atoms with Crippen molar-refractivity contribution in [2.24, 2.45) is 0 Å². The van der Waals surface area contributed by atoms with Crippen molar-refractivity contribution in [3.05, 3.63) is 22.8 Å². The zero-order chi connectivity index (χ0) is 12.5. The first-order valence-electron chi connectivity index (χ1n) is 5.17. The molecule has 0 bridgehead atoms. The van der Waals surface area contributed by atoms with E-state index in [0.717, 1.165) is 31.8 Å². The Labute approximate surface area is 101 Å². The van der Waals surface area contributed by atoms with E-state index < -0.39 is 11.7 Å². The van der Waals surface area contributed by atoms with E-state index in [4.69, 9.17) is 11.6 Å². The second-order valence-corrected chi connectivity index (χ2v) is 4.29. The van der Waals surface area contributed by atoms with Crippen LogP contribution in [0.5, 0.6) is 0 Å². The largest absolute Gasteiger partial charge is 0.417 e. The predicted molar refractivity (Wildman–Crippen MR) is 59.1 cm³/mol. The number of alkyl halides is 3. The van der Waals surface area contributed by atoms with Crippen molar-refractivity contribution in [2.45, 2.75) is 18.6 Å². The monoisotopic (exact) mass is 265 g/mol. The van der Waals surface area contributed by atoms with Gasteiger partial charge in [-0.25, -0.2) is 4.98 Å². The van der Waals surface area contributed by atoms with Crippen LogP contribution in [-0.2, 0) is 6.18 Å². The Bertz CT molecular complexity index is 402. The van der Waals surface area contributed by atoms with E-state index in [1.165, 1.54) is 0 Å². The van der Waals surface area contributed by atoms with Crippen LogP contribution < -0.4 is 10.6 Å². The molecule has 17 heavy (non-hydrogen) atoms. The highest BCUT2D eigenvalue weighted by Crippen LogP contribution is 2.32. The Morgan fingerprint density at radius 2 is 2.24 bits per heavy atom. The third kappa shape index (κ3) is 3.01. The van der Waals surface area contributed by atoms with E-state index in [0.29, 0.717) is 5.82 Å². The quantitative estimate of drug-likeness (QED) is 0.863. The van der Waals surface area contributed by atoms with Crippen LogP contribution in [0.2, 0.25) is 5.02 Å². The SMILES string of the molecule is FC(F)(F)c1cnc(N[C@@H]2CCNC2)c(Cl)c1. The van der Waals surface area contributed by atoms with Crippen molar-refractivity contribution >= 4 is 17.4 Å². The van der Waals surface area contributed by atoms with E-state index in [1.807, 2.05) is 0 Å². The van der Waals surface area contributed by atoms with Gasteiger partial charge in [-0.15, -0.1) is 0 Å². The highest BCUT2D eigenvalue weighted by molar-refractivity contribution is 6.33. The number of rotatable bonds is 2. The van der Waals surface area contributed by atoms with E-state index in [-0.39, 0.29) is 11.1 Å². The van der Waals surface area contributed by atoms with Gasteiger partial charge in [-0.05, 0) is 19.0 Å². The Morgan fingerprint density at radius 3 is 2.76 bits per heavy atom. The second kappa shape index (κ2) is 4.70. The minimum atomic E-state index is -4.41. The van der Waals surface area contributed by atoms with E-state index in [9.17, 15) is 13.2 Å². The third-order valence-electron chi connectivity index (χ3n) is 2.57. The molecule has 2 rings (SSSR count). The van der Waals surface area contributed by atoms with Gasteiger partial charge in [0.05, 0.1) is 10.6 Å². The summed E-state index contributed by atoms with van der Waals surface area (Å²) in [6.45, 7) is 1.65. The van der Waals surface area contributed by atoms with Gasteiger partial charge in [-0.2, -0.15) is 13.2 Å². The second-order valence-electron chi connectivity index (χ2n) is 3.89. The Kier molecular flexibility index (Phi) is 3.44. The van der Waals surface area contributed by atoms with Crippen LogP contribution in [0, 0.1) is 0 Å². The molecule has 1 fully saturated rings. The number of pyridine rings is 1. The van der Waals surface area contributed by atoms with Gasteiger partial charge >= 0.3 is 6.18 Å². The summed E-state index contributed by atoms with van der Waals surface area (Å²) in [4.78, 5) is 3.72. The summed E-state index contributed by atoms with van der Waals surface area (Å²) in [5, 5.41) is 6.14. The predicted octanol–water partition coefficient (Wildman–Crippen LogP) is 2.53. The van der Waals surface area contributed by atoms with Crippen LogP contribution >= 0.6 is 11.6 Å². The molecule has 0 saturated carbocycles. The standard InChI is InChI=1S/C10H11ClF3N3/c11-8-3-6(10(12,13)14)4-16-9(8)17-7-1-2-15-5-7/h3-4,7,15H,1-2,5H2,(H,16,17)/t7-/m1/s1. The molecule has 0 spiro atoms. The molecule has 2 N–H and O–H groups in total. The Balaban J connectivity index is 2.14. The van der Waals surface area contributed by atoms with Crippen molar-refractivity contribution in [3.8, 4) is 0 Å². The summed E-state index contributed by atoms with van der Waals surface area (Å²) in [5.74, 6) is 0.299. The van der Waals surface area contributed by atoms with Gasteiger partial charge in [0.2, 0.25) is 0 Å². The van der Waals surface area contributed by atoms with Crippen LogP contribution in [0.3, 0.4) is 0 Å². The summed E-state index contributed by atoms with van der Waals surface area (Å²) in [6.07, 6.45) is -2.72. The highest BCUT2D eigenvalue weighted by Gasteiger charge is 2.31. The van der Waals surface area contributed by atoms with Crippen LogP contribution in [0.15, 0.2) is 12.3 Å². The molecule has 1 atom stereocenters. The van der Waals surface area contributed by atoms with Crippen LogP contribution in [0.4, 0.5) is 19.0 Å². The van der Waals surface area contributed by atoms with E-state index in [1.54, 1.807) is 0 Å². The Hall–Kier alpha value is -1.01. The molecule has 0 aromatic carbocycles. The third-order valence-corrected chi connectivity index (χ3v) is 2.86. The molecule has 0 unspecified atom stereocenters. The van der Waals surface area contributed by atoms with E-state index >= 15 is 0 Å². The average molecular weight is 266 g/mol. The normalized spacial score (nSPS) is 20.6. The maximum atomic E-state index is 12.4. The van der Waals surface area contributed by atoms with Gasteiger partial charge in [-0.1, -0.05) is 11.6 Å². The number of nitrogens with zero attached hydrogens (tertiary/aromatic N) is 1.